The van der Waals surface area contributed by atoms with Crippen molar-refractivity contribution >= 4 is 50.8 Å². The van der Waals surface area contributed by atoms with Crippen molar-refractivity contribution in [1.82, 2.24) is 4.98 Å². The van der Waals surface area contributed by atoms with E-state index in [1.807, 2.05) is 36.4 Å². The maximum Gasteiger partial charge on any atom is 0.255 e. The number of benzene rings is 2. The molecule has 1 heterocycles. The first kappa shape index (κ1) is 16.1. The molecule has 1 amide bonds. The number of carbonyl (C=O) groups is 1. The Hall–Kier alpha value is -1.76. The van der Waals surface area contributed by atoms with Gasteiger partial charge in [-0.15, -0.1) is 11.3 Å². The molecule has 3 aromatic rings. The average Bonchev–Trinajstić information content (AvgIpc) is 2.93. The van der Waals surface area contributed by atoms with E-state index in [2.05, 4.69) is 4.98 Å². The molecule has 0 radical (unpaired) electrons. The largest absolute Gasteiger partial charge is 0.484 e. The topological polar surface area (TPSA) is 65.2 Å². The molecule has 23 heavy (non-hydrogen) atoms. The Morgan fingerprint density at radius 3 is 3.00 bits per heavy atom. The second-order valence-corrected chi connectivity index (χ2v) is 7.47. The number of amides is 1. The van der Waals surface area contributed by atoms with Crippen molar-refractivity contribution in [2.75, 3.05) is 6.61 Å². The first-order valence-corrected chi connectivity index (χ1v) is 8.97. The maximum absolute atomic E-state index is 10.8. The zero-order valence-electron chi connectivity index (χ0n) is 12.0. The number of ether oxygens (including phenoxy) is 1. The highest BCUT2D eigenvalue weighted by molar-refractivity contribution is 8.00. The summed E-state index contributed by atoms with van der Waals surface area (Å²) in [5.41, 5.74) is 7.09. The van der Waals surface area contributed by atoms with E-state index in [0.29, 0.717) is 10.8 Å². The molecule has 0 spiro atoms. The molecule has 0 atom stereocenters. The standard InChI is InChI=1S/C16H13ClN2O2S2/c17-11-4-5-14-13(7-11)19-16(23-14)22-9-10-2-1-3-12(6-10)21-8-15(18)20/h1-7H,8-9H2,(H2,18,20). The molecule has 0 saturated heterocycles. The summed E-state index contributed by atoms with van der Waals surface area (Å²) in [7, 11) is 0. The maximum atomic E-state index is 10.8. The van der Waals surface area contributed by atoms with Gasteiger partial charge in [-0.2, -0.15) is 0 Å². The molecule has 0 saturated carbocycles. The lowest BCUT2D eigenvalue weighted by Crippen LogP contribution is -2.20. The predicted molar refractivity (Wildman–Crippen MR) is 95.3 cm³/mol. The molecule has 7 heteroatoms. The smallest absolute Gasteiger partial charge is 0.255 e. The predicted octanol–water partition coefficient (Wildman–Crippen LogP) is 4.11. The number of primary amides is 1. The van der Waals surface area contributed by atoms with Crippen LogP contribution < -0.4 is 10.5 Å². The van der Waals surface area contributed by atoms with Crippen LogP contribution in [0.15, 0.2) is 46.8 Å². The van der Waals surface area contributed by atoms with E-state index < -0.39 is 5.91 Å². The summed E-state index contributed by atoms with van der Waals surface area (Å²) in [5, 5.41) is 0.693. The fourth-order valence-corrected chi connectivity index (χ4v) is 4.12. The lowest BCUT2D eigenvalue weighted by atomic mass is 10.2. The minimum atomic E-state index is -0.488. The molecule has 118 valence electrons. The van der Waals surface area contributed by atoms with Crippen molar-refractivity contribution in [2.24, 2.45) is 5.73 Å². The number of hydrogen-bond acceptors (Lipinski definition) is 5. The summed E-state index contributed by atoms with van der Waals surface area (Å²) in [5.74, 6) is 0.914. The van der Waals surface area contributed by atoms with E-state index in [9.17, 15) is 4.79 Å². The van der Waals surface area contributed by atoms with E-state index in [-0.39, 0.29) is 6.61 Å². The van der Waals surface area contributed by atoms with Crippen molar-refractivity contribution in [3.63, 3.8) is 0 Å². The van der Waals surface area contributed by atoms with Crippen LogP contribution in [0.1, 0.15) is 5.56 Å². The van der Waals surface area contributed by atoms with Gasteiger partial charge in [0, 0.05) is 10.8 Å². The Balaban J connectivity index is 1.67. The molecule has 3 rings (SSSR count). The molecular weight excluding hydrogens is 352 g/mol. The van der Waals surface area contributed by atoms with Crippen LogP contribution >= 0.6 is 34.7 Å². The van der Waals surface area contributed by atoms with Crippen LogP contribution in [0.4, 0.5) is 0 Å². The van der Waals surface area contributed by atoms with Crippen molar-refractivity contribution in [3.8, 4) is 5.75 Å². The van der Waals surface area contributed by atoms with E-state index in [0.717, 1.165) is 25.9 Å². The number of carbonyl (C=O) groups excluding carboxylic acids is 1. The monoisotopic (exact) mass is 364 g/mol. The second kappa shape index (κ2) is 7.21. The van der Waals surface area contributed by atoms with Crippen LogP contribution in [0.5, 0.6) is 5.75 Å². The van der Waals surface area contributed by atoms with Gasteiger partial charge in [0.2, 0.25) is 0 Å². The second-order valence-electron chi connectivity index (χ2n) is 4.78. The molecule has 2 aromatic carbocycles. The Kier molecular flexibility index (Phi) is 5.05. The highest BCUT2D eigenvalue weighted by Gasteiger charge is 2.06. The van der Waals surface area contributed by atoms with Gasteiger partial charge in [-0.3, -0.25) is 4.79 Å². The van der Waals surface area contributed by atoms with E-state index >= 15 is 0 Å². The van der Waals surface area contributed by atoms with Gasteiger partial charge in [0.15, 0.2) is 10.9 Å². The quantitative estimate of drug-likeness (QED) is 0.668. The number of halogens is 1. The minimum Gasteiger partial charge on any atom is -0.484 e. The molecule has 0 aliphatic rings. The van der Waals surface area contributed by atoms with E-state index in [1.165, 1.54) is 0 Å². The van der Waals surface area contributed by atoms with Gasteiger partial charge in [0.05, 0.1) is 10.2 Å². The number of nitrogens with two attached hydrogens (primary N) is 1. The van der Waals surface area contributed by atoms with Gasteiger partial charge < -0.3 is 10.5 Å². The summed E-state index contributed by atoms with van der Waals surface area (Å²) in [6.45, 7) is -0.116. The van der Waals surface area contributed by atoms with Crippen molar-refractivity contribution in [2.45, 2.75) is 10.1 Å². The number of rotatable bonds is 6. The fourth-order valence-electron chi connectivity index (χ4n) is 1.97. The summed E-state index contributed by atoms with van der Waals surface area (Å²) < 4.78 is 7.42. The summed E-state index contributed by atoms with van der Waals surface area (Å²) >= 11 is 9.28. The lowest BCUT2D eigenvalue weighted by Gasteiger charge is -2.05. The minimum absolute atomic E-state index is 0.116. The third-order valence-corrected chi connectivity index (χ3v) is 5.46. The van der Waals surface area contributed by atoms with Crippen LogP contribution in [-0.4, -0.2) is 17.5 Å². The van der Waals surface area contributed by atoms with Crippen LogP contribution in [0.3, 0.4) is 0 Å². The fraction of sp³-hybridized carbons (Fsp3) is 0.125. The Morgan fingerprint density at radius 1 is 1.30 bits per heavy atom. The Morgan fingerprint density at radius 2 is 2.17 bits per heavy atom. The molecule has 0 fully saturated rings. The molecule has 2 N–H and O–H groups in total. The number of thiazole rings is 1. The van der Waals surface area contributed by atoms with Gasteiger partial charge in [-0.25, -0.2) is 4.98 Å². The zero-order chi connectivity index (χ0) is 16.2. The highest BCUT2D eigenvalue weighted by atomic mass is 35.5. The van der Waals surface area contributed by atoms with Crippen molar-refractivity contribution < 1.29 is 9.53 Å². The van der Waals surface area contributed by atoms with Crippen molar-refractivity contribution in [3.05, 3.63) is 53.1 Å². The van der Waals surface area contributed by atoms with Crippen LogP contribution in [0.2, 0.25) is 5.02 Å². The highest BCUT2D eigenvalue weighted by Crippen LogP contribution is 2.33. The third kappa shape index (κ3) is 4.37. The first-order valence-electron chi connectivity index (χ1n) is 6.79. The zero-order valence-corrected chi connectivity index (χ0v) is 14.4. The van der Waals surface area contributed by atoms with Gasteiger partial charge in [-0.05, 0) is 35.9 Å². The molecule has 0 aliphatic carbocycles. The Bertz CT molecular complexity index is 851. The van der Waals surface area contributed by atoms with Gasteiger partial charge in [-0.1, -0.05) is 35.5 Å². The van der Waals surface area contributed by atoms with Crippen molar-refractivity contribution in [1.29, 1.82) is 0 Å². The normalized spacial score (nSPS) is 10.8. The van der Waals surface area contributed by atoms with E-state index in [1.54, 1.807) is 29.2 Å². The first-order chi connectivity index (χ1) is 11.1. The number of thioether (sulfide) groups is 1. The number of hydrogen-bond donors (Lipinski definition) is 1. The molecule has 4 nitrogen and oxygen atoms in total. The summed E-state index contributed by atoms with van der Waals surface area (Å²) in [6, 6.07) is 13.3. The van der Waals surface area contributed by atoms with Gasteiger partial charge >= 0.3 is 0 Å². The number of nitrogens with zero attached hydrogens (tertiary/aromatic N) is 1. The molecule has 0 unspecified atom stereocenters. The van der Waals surface area contributed by atoms with Gasteiger partial charge in [0.1, 0.15) is 5.75 Å². The van der Waals surface area contributed by atoms with Crippen LogP contribution in [0, 0.1) is 0 Å². The lowest BCUT2D eigenvalue weighted by molar-refractivity contribution is -0.119. The number of fused-ring (bicyclic) bond motifs is 1. The van der Waals surface area contributed by atoms with Gasteiger partial charge in [0.25, 0.3) is 5.91 Å². The molecule has 0 aliphatic heterocycles. The van der Waals surface area contributed by atoms with E-state index in [4.69, 9.17) is 22.1 Å². The molecule has 1 aromatic heterocycles. The summed E-state index contributed by atoms with van der Waals surface area (Å²) in [4.78, 5) is 15.3. The Labute approximate surface area is 146 Å². The van der Waals surface area contributed by atoms with Crippen LogP contribution in [-0.2, 0) is 10.5 Å². The van der Waals surface area contributed by atoms with Crippen LogP contribution in [0.25, 0.3) is 10.2 Å². The molecule has 0 bridgehead atoms. The number of aromatic nitrogens is 1. The third-order valence-electron chi connectivity index (χ3n) is 2.97. The summed E-state index contributed by atoms with van der Waals surface area (Å²) in [6.07, 6.45) is 0. The average molecular weight is 365 g/mol. The SMILES string of the molecule is NC(=O)COc1cccc(CSc2nc3cc(Cl)ccc3s2)c1. The molecular formula is C16H13ClN2O2S2.